The summed E-state index contributed by atoms with van der Waals surface area (Å²) in [4.78, 5) is 36.5. The van der Waals surface area contributed by atoms with E-state index < -0.39 is 23.9 Å². The Hall–Kier alpha value is -1.28. The second-order valence-electron chi connectivity index (χ2n) is 2.30. The molecule has 0 fully saturated rings. The van der Waals surface area contributed by atoms with E-state index in [0.717, 1.165) is 0 Å². The van der Waals surface area contributed by atoms with Crippen LogP contribution in [0.25, 0.3) is 0 Å². The molecule has 0 amide bonds. The second kappa shape index (κ2) is 31.9. The average molecular weight is 414 g/mol. The molecule has 0 aliphatic heterocycles. The Kier molecular flexibility index (Phi) is 53.9. The normalized spacial score (nSPS) is 6.73. The van der Waals surface area contributed by atoms with Crippen molar-refractivity contribution >= 4 is 23.9 Å². The van der Waals surface area contributed by atoms with Crippen LogP contribution in [0.2, 0.25) is 0 Å². The first-order valence-electron chi connectivity index (χ1n) is 4.68. The predicted octanol–water partition coefficient (Wildman–Crippen LogP) is -9.23. The maximum absolute atomic E-state index is 9.13. The standard InChI is InChI=1S/4C2H5NO2.Co.Ni/c4*3-1-2(4)5;;/h4*1,3H2,(H,4,5);;/q;;;;2*+2/p-4. The van der Waals surface area contributed by atoms with E-state index in [2.05, 4.69) is 22.9 Å². The fourth-order valence-electron chi connectivity index (χ4n) is 0. The van der Waals surface area contributed by atoms with Crippen LogP contribution in [-0.2, 0) is 52.4 Å². The molecule has 0 aromatic rings. The molecule has 0 rings (SSSR count). The van der Waals surface area contributed by atoms with Gasteiger partial charge in [0, 0.05) is 26.2 Å². The summed E-state index contributed by atoms with van der Waals surface area (Å²) in [5.74, 6) is -4.87. The van der Waals surface area contributed by atoms with E-state index in [9.17, 15) is 0 Å². The summed E-state index contributed by atoms with van der Waals surface area (Å²) in [6.07, 6.45) is 0. The minimum atomic E-state index is -1.22. The quantitative estimate of drug-likeness (QED) is 0.313. The third-order valence-electron chi connectivity index (χ3n) is 0.667. The molecule has 0 saturated heterocycles. The van der Waals surface area contributed by atoms with Crippen molar-refractivity contribution in [2.45, 2.75) is 0 Å². The SMILES string of the molecule is NCC(=O)[O-].NCC(=O)[O-].NCC(=O)[O-].NCC(=O)[O-].[Co+2].[Ni+2]. The van der Waals surface area contributed by atoms with Crippen LogP contribution in [0.1, 0.15) is 0 Å². The molecule has 0 atom stereocenters. The molecule has 0 bridgehead atoms. The Morgan fingerprint density at radius 1 is 0.545 bits per heavy atom. The summed E-state index contributed by atoms with van der Waals surface area (Å²) in [5, 5.41) is 36.5. The number of hydrogen-bond acceptors (Lipinski definition) is 12. The molecule has 14 heteroatoms. The van der Waals surface area contributed by atoms with Gasteiger partial charge in [0.05, 0.1) is 23.9 Å². The molecule has 8 N–H and O–H groups in total. The van der Waals surface area contributed by atoms with E-state index in [0.29, 0.717) is 0 Å². The van der Waals surface area contributed by atoms with E-state index in [1.54, 1.807) is 0 Å². The van der Waals surface area contributed by atoms with Gasteiger partial charge in [0.1, 0.15) is 0 Å². The molecule has 12 nitrogen and oxygen atoms in total. The van der Waals surface area contributed by atoms with Crippen molar-refractivity contribution in [1.82, 2.24) is 0 Å². The molecule has 22 heavy (non-hydrogen) atoms. The minimum absolute atomic E-state index is 0. The maximum Gasteiger partial charge on any atom is 2.00 e. The molecular formula is C8H16CoN4NiO8. The number of carbonyl (C=O) groups excluding carboxylic acids is 4. The van der Waals surface area contributed by atoms with Crippen LogP contribution in [-0.4, -0.2) is 50.1 Å². The monoisotopic (exact) mass is 413 g/mol. The summed E-state index contributed by atoms with van der Waals surface area (Å²) in [6, 6.07) is 0. The van der Waals surface area contributed by atoms with E-state index in [1.807, 2.05) is 0 Å². The van der Waals surface area contributed by atoms with Crippen molar-refractivity contribution < 1.29 is 72.9 Å². The Bertz CT molecular complexity index is 239. The second-order valence-corrected chi connectivity index (χ2v) is 2.30. The molecular weight excluding hydrogens is 398 g/mol. The summed E-state index contributed by atoms with van der Waals surface area (Å²) >= 11 is 0. The van der Waals surface area contributed by atoms with Crippen molar-refractivity contribution in [2.75, 3.05) is 26.2 Å². The van der Waals surface area contributed by atoms with Crippen LogP contribution in [0, 0.1) is 0 Å². The zero-order chi connectivity index (χ0) is 17.1. The average Bonchev–Trinajstić information content (AvgIpc) is 2.40. The number of carboxylic acids is 4. The summed E-state index contributed by atoms with van der Waals surface area (Å²) < 4.78 is 0. The number of carboxylic acid groups (broad SMARTS) is 4. The zero-order valence-electron chi connectivity index (χ0n) is 11.1. The minimum Gasteiger partial charge on any atom is -0.549 e. The van der Waals surface area contributed by atoms with Crippen LogP contribution in [0.15, 0.2) is 0 Å². The number of nitrogens with two attached hydrogens (primary N) is 4. The van der Waals surface area contributed by atoms with Gasteiger partial charge in [-0.15, -0.1) is 0 Å². The maximum atomic E-state index is 9.13. The smallest absolute Gasteiger partial charge is 0.549 e. The Balaban J connectivity index is -0.0000000376. The van der Waals surface area contributed by atoms with Gasteiger partial charge in [0.2, 0.25) is 0 Å². The molecule has 0 aliphatic rings. The molecule has 135 valence electrons. The van der Waals surface area contributed by atoms with Crippen LogP contribution in [0.3, 0.4) is 0 Å². The molecule has 0 saturated carbocycles. The van der Waals surface area contributed by atoms with Crippen molar-refractivity contribution in [3.05, 3.63) is 0 Å². The fraction of sp³-hybridized carbons (Fsp3) is 0.500. The third-order valence-corrected chi connectivity index (χ3v) is 0.667. The van der Waals surface area contributed by atoms with E-state index in [-0.39, 0.29) is 59.4 Å². The van der Waals surface area contributed by atoms with Crippen molar-refractivity contribution in [2.24, 2.45) is 22.9 Å². The largest absolute Gasteiger partial charge is 2.00 e. The van der Waals surface area contributed by atoms with Crippen LogP contribution in [0.5, 0.6) is 0 Å². The molecule has 0 aromatic heterocycles. The first-order chi connectivity index (χ1) is 9.08. The molecule has 0 aromatic carbocycles. The first-order valence-corrected chi connectivity index (χ1v) is 4.68. The van der Waals surface area contributed by atoms with Gasteiger partial charge in [-0.1, -0.05) is 0 Å². The molecule has 0 unspecified atom stereocenters. The first kappa shape index (κ1) is 37.2. The number of rotatable bonds is 4. The predicted molar refractivity (Wildman–Crippen MR) is 56.2 cm³/mol. The topological polar surface area (TPSA) is 265 Å². The van der Waals surface area contributed by atoms with E-state index >= 15 is 0 Å². The van der Waals surface area contributed by atoms with Gasteiger partial charge in [-0.3, -0.25) is 0 Å². The number of aliphatic carboxylic acids is 4. The summed E-state index contributed by atoms with van der Waals surface area (Å²) in [6.45, 7) is -1.56. The Labute approximate surface area is 146 Å². The van der Waals surface area contributed by atoms with Crippen LogP contribution in [0.4, 0.5) is 0 Å². The van der Waals surface area contributed by atoms with Crippen molar-refractivity contribution in [3.8, 4) is 0 Å². The van der Waals surface area contributed by atoms with E-state index in [4.69, 9.17) is 39.6 Å². The van der Waals surface area contributed by atoms with E-state index in [1.165, 1.54) is 0 Å². The van der Waals surface area contributed by atoms with Crippen LogP contribution < -0.4 is 43.4 Å². The Morgan fingerprint density at radius 3 is 0.591 bits per heavy atom. The molecule has 0 spiro atoms. The van der Waals surface area contributed by atoms with Crippen molar-refractivity contribution in [3.63, 3.8) is 0 Å². The summed E-state index contributed by atoms with van der Waals surface area (Å²) in [5.41, 5.74) is 18.0. The van der Waals surface area contributed by atoms with Gasteiger partial charge < -0.3 is 62.5 Å². The fourth-order valence-corrected chi connectivity index (χ4v) is 0. The van der Waals surface area contributed by atoms with Gasteiger partial charge in [-0.05, 0) is 0 Å². The Morgan fingerprint density at radius 2 is 0.591 bits per heavy atom. The van der Waals surface area contributed by atoms with Gasteiger partial charge in [-0.2, -0.15) is 0 Å². The van der Waals surface area contributed by atoms with Gasteiger partial charge in [0.25, 0.3) is 0 Å². The molecule has 0 aliphatic carbocycles. The zero-order valence-corrected chi connectivity index (χ0v) is 13.1. The molecule has 1 radical (unpaired) electrons. The summed E-state index contributed by atoms with van der Waals surface area (Å²) in [7, 11) is 0. The van der Waals surface area contributed by atoms with Crippen molar-refractivity contribution in [1.29, 1.82) is 0 Å². The van der Waals surface area contributed by atoms with Gasteiger partial charge in [-0.25, -0.2) is 0 Å². The number of hydrogen-bond donors (Lipinski definition) is 4. The molecule has 0 heterocycles. The number of carbonyl (C=O) groups is 4. The van der Waals surface area contributed by atoms with Gasteiger partial charge in [0.15, 0.2) is 0 Å². The van der Waals surface area contributed by atoms with Crippen LogP contribution >= 0.6 is 0 Å². The van der Waals surface area contributed by atoms with Gasteiger partial charge >= 0.3 is 33.3 Å². The third kappa shape index (κ3) is 130.